The van der Waals surface area contributed by atoms with Crippen molar-refractivity contribution in [1.29, 1.82) is 0 Å². The molecule has 2 atom stereocenters. The Balaban J connectivity index is 2.20. The van der Waals surface area contributed by atoms with E-state index in [2.05, 4.69) is 31.0 Å². The molecule has 3 heteroatoms. The average molecular weight is 276 g/mol. The molecular formula is C17H28N2O. The third kappa shape index (κ3) is 3.59. The van der Waals surface area contributed by atoms with Crippen LogP contribution >= 0.6 is 0 Å². The normalized spacial score (nSPS) is 22.9. The van der Waals surface area contributed by atoms with Crippen LogP contribution in [0.3, 0.4) is 0 Å². The molecule has 2 unspecified atom stereocenters. The first kappa shape index (κ1) is 15.0. The van der Waals surface area contributed by atoms with Crippen molar-refractivity contribution in [2.75, 3.05) is 17.7 Å². The van der Waals surface area contributed by atoms with Gasteiger partial charge in [-0.1, -0.05) is 19.8 Å². The largest absolute Gasteiger partial charge is 0.491 e. The van der Waals surface area contributed by atoms with Crippen molar-refractivity contribution < 1.29 is 4.74 Å². The van der Waals surface area contributed by atoms with Crippen LogP contribution in [0.15, 0.2) is 18.2 Å². The number of nitrogens with two attached hydrogens (primary N) is 1. The molecule has 0 spiro atoms. The van der Waals surface area contributed by atoms with Gasteiger partial charge in [-0.05, 0) is 38.7 Å². The monoisotopic (exact) mass is 276 g/mol. The minimum atomic E-state index is 0.170. The Morgan fingerprint density at radius 3 is 2.55 bits per heavy atom. The van der Waals surface area contributed by atoms with Gasteiger partial charge in [0.2, 0.25) is 0 Å². The number of hydrogen-bond acceptors (Lipinski definition) is 3. The van der Waals surface area contributed by atoms with Crippen molar-refractivity contribution in [2.24, 2.45) is 5.92 Å². The fourth-order valence-corrected chi connectivity index (χ4v) is 3.21. The van der Waals surface area contributed by atoms with Crippen LogP contribution in [0.4, 0.5) is 11.4 Å². The van der Waals surface area contributed by atoms with Gasteiger partial charge in [-0.3, -0.25) is 0 Å². The predicted octanol–water partition coefficient (Wildman–Crippen LogP) is 4.07. The van der Waals surface area contributed by atoms with Crippen molar-refractivity contribution in [3.05, 3.63) is 18.2 Å². The van der Waals surface area contributed by atoms with Crippen LogP contribution in [0.1, 0.15) is 46.5 Å². The highest BCUT2D eigenvalue weighted by molar-refractivity contribution is 5.60. The minimum Gasteiger partial charge on any atom is -0.491 e. The zero-order chi connectivity index (χ0) is 14.7. The number of rotatable bonds is 4. The molecule has 2 rings (SSSR count). The molecular weight excluding hydrogens is 248 g/mol. The van der Waals surface area contributed by atoms with Gasteiger partial charge in [0.15, 0.2) is 0 Å². The Labute approximate surface area is 123 Å². The molecule has 0 radical (unpaired) electrons. The zero-order valence-corrected chi connectivity index (χ0v) is 13.2. The van der Waals surface area contributed by atoms with Crippen LogP contribution in [-0.4, -0.2) is 19.2 Å². The van der Waals surface area contributed by atoms with Crippen molar-refractivity contribution in [3.8, 4) is 5.75 Å². The van der Waals surface area contributed by atoms with Crippen LogP contribution in [0.25, 0.3) is 0 Å². The van der Waals surface area contributed by atoms with Crippen molar-refractivity contribution in [3.63, 3.8) is 0 Å². The first-order valence-electron chi connectivity index (χ1n) is 7.77. The number of anilines is 2. The van der Waals surface area contributed by atoms with Crippen molar-refractivity contribution >= 4 is 11.4 Å². The summed E-state index contributed by atoms with van der Waals surface area (Å²) in [7, 11) is 2.18. The smallest absolute Gasteiger partial charge is 0.123 e. The molecule has 3 nitrogen and oxygen atoms in total. The first-order chi connectivity index (χ1) is 9.47. The molecule has 0 saturated heterocycles. The topological polar surface area (TPSA) is 38.5 Å². The minimum absolute atomic E-state index is 0.170. The highest BCUT2D eigenvalue weighted by atomic mass is 16.5. The maximum atomic E-state index is 6.03. The fourth-order valence-electron chi connectivity index (χ4n) is 3.21. The molecule has 0 amide bonds. The van der Waals surface area contributed by atoms with Gasteiger partial charge in [-0.15, -0.1) is 0 Å². The fraction of sp³-hybridized carbons (Fsp3) is 0.647. The van der Waals surface area contributed by atoms with E-state index in [1.165, 1.54) is 31.4 Å². The van der Waals surface area contributed by atoms with Gasteiger partial charge in [0.25, 0.3) is 0 Å². The molecule has 0 bridgehead atoms. The van der Waals surface area contributed by atoms with E-state index in [0.29, 0.717) is 6.04 Å². The predicted molar refractivity (Wildman–Crippen MR) is 86.4 cm³/mol. The molecule has 0 aliphatic heterocycles. The lowest BCUT2D eigenvalue weighted by Gasteiger charge is -2.38. The van der Waals surface area contributed by atoms with Gasteiger partial charge >= 0.3 is 0 Å². The van der Waals surface area contributed by atoms with Gasteiger partial charge in [-0.2, -0.15) is 0 Å². The number of ether oxygens (including phenoxy) is 1. The molecule has 2 N–H and O–H groups in total. The Morgan fingerprint density at radius 2 is 1.90 bits per heavy atom. The highest BCUT2D eigenvalue weighted by Gasteiger charge is 2.25. The summed E-state index contributed by atoms with van der Waals surface area (Å²) in [5.74, 6) is 1.61. The van der Waals surface area contributed by atoms with Crippen LogP contribution in [0.5, 0.6) is 5.75 Å². The molecule has 1 aliphatic rings. The Morgan fingerprint density at radius 1 is 1.20 bits per heavy atom. The molecule has 1 aromatic carbocycles. The molecule has 0 aromatic heterocycles. The third-order valence-electron chi connectivity index (χ3n) is 4.26. The standard InChI is InChI=1S/C17H28N2O/c1-12(2)20-16-10-14(18)9-15(11-16)19(4)17-8-6-5-7-13(17)3/h9-13,17H,5-8,18H2,1-4H3. The van der Waals surface area contributed by atoms with E-state index >= 15 is 0 Å². The van der Waals surface area contributed by atoms with Gasteiger partial charge in [-0.25, -0.2) is 0 Å². The van der Waals surface area contributed by atoms with Gasteiger partial charge in [0, 0.05) is 36.6 Å². The number of benzene rings is 1. The van der Waals surface area contributed by atoms with E-state index in [4.69, 9.17) is 10.5 Å². The summed E-state index contributed by atoms with van der Waals surface area (Å²) in [6.07, 6.45) is 5.46. The van der Waals surface area contributed by atoms with Gasteiger partial charge < -0.3 is 15.4 Å². The van der Waals surface area contributed by atoms with E-state index in [-0.39, 0.29) is 6.10 Å². The molecule has 1 fully saturated rings. The summed E-state index contributed by atoms with van der Waals surface area (Å²) < 4.78 is 5.79. The maximum absolute atomic E-state index is 6.03. The first-order valence-corrected chi connectivity index (χ1v) is 7.77. The summed E-state index contributed by atoms with van der Waals surface area (Å²) in [5, 5.41) is 0. The third-order valence-corrected chi connectivity index (χ3v) is 4.26. The van der Waals surface area contributed by atoms with E-state index in [1.54, 1.807) is 0 Å². The number of hydrogen-bond donors (Lipinski definition) is 1. The zero-order valence-electron chi connectivity index (χ0n) is 13.2. The SMILES string of the molecule is CC(C)Oc1cc(N)cc(N(C)C2CCCCC2C)c1. The molecule has 20 heavy (non-hydrogen) atoms. The molecule has 112 valence electrons. The second-order valence-electron chi connectivity index (χ2n) is 6.37. The summed E-state index contributed by atoms with van der Waals surface area (Å²) >= 11 is 0. The average Bonchev–Trinajstić information content (AvgIpc) is 2.37. The van der Waals surface area contributed by atoms with E-state index < -0.39 is 0 Å². The second-order valence-corrected chi connectivity index (χ2v) is 6.37. The lowest BCUT2D eigenvalue weighted by Crippen LogP contribution is -2.39. The molecule has 0 heterocycles. The number of nitrogen functional groups attached to an aromatic ring is 1. The summed E-state index contributed by atoms with van der Waals surface area (Å²) in [6.45, 7) is 6.43. The molecule has 1 aromatic rings. The van der Waals surface area contributed by atoms with Crippen LogP contribution < -0.4 is 15.4 Å². The molecule has 1 aliphatic carbocycles. The quantitative estimate of drug-likeness (QED) is 0.842. The van der Waals surface area contributed by atoms with E-state index in [1.807, 2.05) is 19.9 Å². The maximum Gasteiger partial charge on any atom is 0.123 e. The van der Waals surface area contributed by atoms with Crippen molar-refractivity contribution in [2.45, 2.75) is 58.6 Å². The highest BCUT2D eigenvalue weighted by Crippen LogP contribution is 2.33. The van der Waals surface area contributed by atoms with Gasteiger partial charge in [0.05, 0.1) is 6.10 Å². The van der Waals surface area contributed by atoms with Crippen LogP contribution in [0, 0.1) is 5.92 Å². The van der Waals surface area contributed by atoms with E-state index in [0.717, 1.165) is 17.4 Å². The lowest BCUT2D eigenvalue weighted by molar-refractivity contribution is 0.242. The lowest BCUT2D eigenvalue weighted by atomic mass is 9.85. The number of nitrogens with zero attached hydrogens (tertiary/aromatic N) is 1. The Bertz CT molecular complexity index is 445. The summed E-state index contributed by atoms with van der Waals surface area (Å²) in [6, 6.07) is 6.67. The Kier molecular flexibility index (Phi) is 4.79. The van der Waals surface area contributed by atoms with Crippen LogP contribution in [0.2, 0.25) is 0 Å². The van der Waals surface area contributed by atoms with Gasteiger partial charge in [0.1, 0.15) is 5.75 Å². The second kappa shape index (κ2) is 6.38. The summed E-state index contributed by atoms with van der Waals surface area (Å²) in [4.78, 5) is 2.38. The van der Waals surface area contributed by atoms with Crippen molar-refractivity contribution in [1.82, 2.24) is 0 Å². The van der Waals surface area contributed by atoms with E-state index in [9.17, 15) is 0 Å². The Hall–Kier alpha value is -1.38. The summed E-state index contributed by atoms with van der Waals surface area (Å²) in [5.41, 5.74) is 7.97. The van der Waals surface area contributed by atoms with Crippen LogP contribution in [-0.2, 0) is 0 Å². The molecule has 1 saturated carbocycles.